The highest BCUT2D eigenvalue weighted by atomic mass is 16.6. The van der Waals surface area contributed by atoms with Gasteiger partial charge in [0.2, 0.25) is 17.4 Å². The minimum atomic E-state index is -0.887. The molecule has 1 aliphatic rings. The highest BCUT2D eigenvalue weighted by molar-refractivity contribution is 5.91. The van der Waals surface area contributed by atoms with Crippen LogP contribution in [0, 0.1) is 0 Å². The number of nitrogens with zero attached hydrogens (tertiary/aromatic N) is 2. The Labute approximate surface area is 356 Å². The molecule has 61 heavy (non-hydrogen) atoms. The van der Waals surface area contributed by atoms with Crippen LogP contribution >= 0.6 is 0 Å². The van der Waals surface area contributed by atoms with E-state index < -0.39 is 12.2 Å². The van der Waals surface area contributed by atoms with Gasteiger partial charge in [0.15, 0.2) is 0 Å². The Bertz CT molecular complexity index is 2210. The topological polar surface area (TPSA) is 186 Å². The van der Waals surface area contributed by atoms with E-state index >= 15 is 0 Å². The van der Waals surface area contributed by atoms with Crippen molar-refractivity contribution in [1.82, 2.24) is 25.4 Å². The summed E-state index contributed by atoms with van der Waals surface area (Å²) in [5, 5.41) is 30.5. The fraction of sp³-hybridized carbons (Fsp3) is 0.362. The Morgan fingerprint density at radius 1 is 1.03 bits per heavy atom. The van der Waals surface area contributed by atoms with Crippen LogP contribution in [0.15, 0.2) is 108 Å². The Kier molecular flexibility index (Phi) is 17.7. The number of hydrogen-bond donors (Lipinski definition) is 6. The molecule has 1 atom stereocenters. The number of phenols is 1. The maximum atomic E-state index is 12.9. The minimum Gasteiger partial charge on any atom is -0.506 e. The maximum Gasteiger partial charge on any atom is 0.407 e. The number of phenolic OH excluding ortho intramolecular Hbond substituents is 1. The first-order valence-corrected chi connectivity index (χ1v) is 20.7. The molecule has 3 amide bonds. The van der Waals surface area contributed by atoms with Crippen molar-refractivity contribution in [2.75, 3.05) is 65.3 Å². The number of methoxy groups -OCH3 is 1. The van der Waals surface area contributed by atoms with Gasteiger partial charge in [0.25, 0.3) is 0 Å². The lowest BCUT2D eigenvalue weighted by atomic mass is 10.0. The molecular formula is C47H58N6O8. The summed E-state index contributed by atoms with van der Waals surface area (Å²) in [6, 6.07) is 21.4. The molecule has 1 aromatic heterocycles. The number of likely N-dealkylation sites (tertiary alicyclic amines) is 1. The summed E-state index contributed by atoms with van der Waals surface area (Å²) >= 11 is 0. The van der Waals surface area contributed by atoms with Crippen molar-refractivity contribution in [3.05, 3.63) is 131 Å². The van der Waals surface area contributed by atoms with E-state index in [0.717, 1.165) is 29.8 Å². The van der Waals surface area contributed by atoms with Crippen LogP contribution in [0.5, 0.6) is 11.5 Å². The van der Waals surface area contributed by atoms with Crippen molar-refractivity contribution in [3.63, 3.8) is 0 Å². The number of anilines is 1. The average molecular weight is 835 g/mol. The third-order valence-electron chi connectivity index (χ3n) is 10.6. The number of aliphatic hydroxyl groups is 1. The number of aromatic nitrogens is 1. The molecule has 1 aliphatic heterocycles. The van der Waals surface area contributed by atoms with E-state index in [2.05, 4.69) is 32.4 Å². The molecule has 2 heterocycles. The quantitative estimate of drug-likeness (QED) is 0.0450. The Morgan fingerprint density at radius 2 is 1.82 bits per heavy atom. The second-order valence-electron chi connectivity index (χ2n) is 15.0. The number of pyridine rings is 1. The summed E-state index contributed by atoms with van der Waals surface area (Å²) in [7, 11) is 3.34. The summed E-state index contributed by atoms with van der Waals surface area (Å²) in [4.78, 5) is 56.2. The largest absolute Gasteiger partial charge is 0.506 e. The summed E-state index contributed by atoms with van der Waals surface area (Å²) in [6.45, 7) is 7.70. The molecular weight excluding hydrogens is 777 g/mol. The van der Waals surface area contributed by atoms with E-state index in [4.69, 9.17) is 9.47 Å². The van der Waals surface area contributed by atoms with E-state index in [0.29, 0.717) is 80.7 Å². The van der Waals surface area contributed by atoms with Crippen LogP contribution in [0.1, 0.15) is 54.9 Å². The first-order valence-electron chi connectivity index (χ1n) is 20.7. The predicted molar refractivity (Wildman–Crippen MR) is 239 cm³/mol. The number of hydrogen-bond acceptors (Lipinski definition) is 10. The molecule has 14 heteroatoms. The Balaban J connectivity index is 0.931. The van der Waals surface area contributed by atoms with Crippen molar-refractivity contribution in [2.45, 2.75) is 50.7 Å². The number of benzene rings is 3. The molecule has 1 saturated heterocycles. The van der Waals surface area contributed by atoms with Gasteiger partial charge in [-0.25, -0.2) is 4.79 Å². The number of alkyl carbamates (subject to hydrolysis) is 1. The van der Waals surface area contributed by atoms with Gasteiger partial charge in [0.1, 0.15) is 17.6 Å². The fourth-order valence-corrected chi connectivity index (χ4v) is 7.10. The van der Waals surface area contributed by atoms with Gasteiger partial charge in [-0.3, -0.25) is 14.4 Å². The van der Waals surface area contributed by atoms with Gasteiger partial charge in [0.05, 0.1) is 18.7 Å². The van der Waals surface area contributed by atoms with E-state index in [-0.39, 0.29) is 47.7 Å². The van der Waals surface area contributed by atoms with Crippen LogP contribution in [-0.2, 0) is 20.7 Å². The molecule has 1 fully saturated rings. The lowest BCUT2D eigenvalue weighted by Crippen LogP contribution is -2.41. The zero-order valence-electron chi connectivity index (χ0n) is 35.0. The number of aromatic hydroxyl groups is 1. The number of nitrogens with one attached hydrogen (secondary N) is 4. The number of ether oxygens (including phenoxy) is 2. The number of allylic oxidation sites excluding steroid dienone is 4. The van der Waals surface area contributed by atoms with E-state index in [1.54, 1.807) is 43.3 Å². The zero-order valence-corrected chi connectivity index (χ0v) is 35.0. The molecule has 0 bridgehead atoms. The van der Waals surface area contributed by atoms with Crippen molar-refractivity contribution >= 4 is 40.1 Å². The number of aliphatic hydroxyl groups excluding tert-OH is 1. The highest BCUT2D eigenvalue weighted by Gasteiger charge is 2.23. The van der Waals surface area contributed by atoms with Crippen LogP contribution in [0.3, 0.4) is 0 Å². The van der Waals surface area contributed by atoms with Gasteiger partial charge < -0.3 is 50.4 Å². The smallest absolute Gasteiger partial charge is 0.407 e. The van der Waals surface area contributed by atoms with Crippen molar-refractivity contribution in [1.29, 1.82) is 0 Å². The van der Waals surface area contributed by atoms with E-state index in [9.17, 15) is 29.4 Å². The third-order valence-corrected chi connectivity index (χ3v) is 10.6. The maximum absolute atomic E-state index is 12.9. The summed E-state index contributed by atoms with van der Waals surface area (Å²) < 4.78 is 11.1. The first-order chi connectivity index (χ1) is 29.5. The van der Waals surface area contributed by atoms with Crippen molar-refractivity contribution in [3.8, 4) is 11.5 Å². The molecule has 0 aliphatic carbocycles. The molecule has 0 saturated carbocycles. The zero-order chi connectivity index (χ0) is 43.6. The molecule has 3 aromatic carbocycles. The number of aromatic amines is 1. The second-order valence-corrected chi connectivity index (χ2v) is 15.0. The van der Waals surface area contributed by atoms with Crippen LogP contribution in [0.25, 0.3) is 16.5 Å². The van der Waals surface area contributed by atoms with E-state index in [1.807, 2.05) is 60.7 Å². The Morgan fingerprint density at radius 3 is 2.59 bits per heavy atom. The minimum absolute atomic E-state index is 0.0131. The number of carbonyl (C=O) groups excluding carboxylic acids is 3. The lowest BCUT2D eigenvalue weighted by molar-refractivity contribution is -0.130. The van der Waals surface area contributed by atoms with Gasteiger partial charge in [-0.1, -0.05) is 67.3 Å². The van der Waals surface area contributed by atoms with Crippen molar-refractivity contribution in [2.24, 2.45) is 0 Å². The highest BCUT2D eigenvalue weighted by Crippen LogP contribution is 2.29. The molecule has 0 unspecified atom stereocenters. The van der Waals surface area contributed by atoms with Crippen molar-refractivity contribution < 1.29 is 34.1 Å². The Hall–Kier alpha value is -6.22. The van der Waals surface area contributed by atoms with Gasteiger partial charge in [-0.05, 0) is 84.8 Å². The molecule has 4 aromatic rings. The van der Waals surface area contributed by atoms with Crippen LogP contribution < -0.4 is 26.2 Å². The number of amides is 3. The normalized spacial score (nSPS) is 14.0. The second kappa shape index (κ2) is 23.5. The summed E-state index contributed by atoms with van der Waals surface area (Å²) in [5.41, 5.74) is 3.98. The standard InChI is InChI=1S/C47H58N6O8/c1-33(34-12-7-4-8-13-34)11-6-5-9-25-49-47(59)61-37-22-28-53(29-23-37)30-24-45(58)52(2)27-10-14-43(56)50-36-15-19-42(60-3)35(31-36)21-26-48-32-41(55)38-16-18-40(54)46-39(38)17-20-44(57)51-46/h4-9,11-13,15-20,31,37,41,48,54-55H,1,10,14,21-30,32H2,2-3H3,(H,49,59)(H,50,56)(H,51,57)/b9-5-,11-6-/t41-/m0/s1. The van der Waals surface area contributed by atoms with Crippen LogP contribution in [-0.4, -0.2) is 109 Å². The third kappa shape index (κ3) is 14.5. The molecule has 14 nitrogen and oxygen atoms in total. The molecule has 0 spiro atoms. The summed E-state index contributed by atoms with van der Waals surface area (Å²) in [5.74, 6) is 0.458. The number of H-pyrrole nitrogens is 1. The van der Waals surface area contributed by atoms with Gasteiger partial charge in [0, 0.05) is 76.3 Å². The lowest BCUT2D eigenvalue weighted by Gasteiger charge is -2.31. The fourth-order valence-electron chi connectivity index (χ4n) is 7.10. The SMILES string of the molecule is C=C(/C=C\C=C/CNC(=O)OC1CCN(CCC(=O)N(C)CCCC(=O)Nc2ccc(OC)c(CCNC[C@H](O)c3ccc(O)c4[nH]c(=O)ccc34)c2)CC1)c1ccccc1. The monoisotopic (exact) mass is 834 g/mol. The molecule has 0 radical (unpaired) electrons. The summed E-state index contributed by atoms with van der Waals surface area (Å²) in [6.07, 6.45) is 9.10. The molecule has 5 rings (SSSR count). The van der Waals surface area contributed by atoms with Gasteiger partial charge >= 0.3 is 6.09 Å². The number of rotatable bonds is 21. The average Bonchev–Trinajstić information content (AvgIpc) is 3.26. The number of piperidine rings is 1. The van der Waals surface area contributed by atoms with Crippen LogP contribution in [0.2, 0.25) is 0 Å². The predicted octanol–water partition coefficient (Wildman–Crippen LogP) is 5.69. The van der Waals surface area contributed by atoms with Crippen LogP contribution in [0.4, 0.5) is 10.5 Å². The van der Waals surface area contributed by atoms with E-state index in [1.165, 1.54) is 12.1 Å². The van der Waals surface area contributed by atoms with Gasteiger partial charge in [-0.15, -0.1) is 0 Å². The molecule has 6 N–H and O–H groups in total. The number of carbonyl (C=O) groups is 3. The first kappa shape index (κ1) is 45.9. The number of fused-ring (bicyclic) bond motifs is 1. The molecule has 324 valence electrons. The van der Waals surface area contributed by atoms with Gasteiger partial charge in [-0.2, -0.15) is 0 Å².